The lowest BCUT2D eigenvalue weighted by Crippen LogP contribution is -2.15. The van der Waals surface area contributed by atoms with Crippen LogP contribution in [0.2, 0.25) is 0 Å². The fourth-order valence-electron chi connectivity index (χ4n) is 4.36. The number of benzene rings is 4. The summed E-state index contributed by atoms with van der Waals surface area (Å²) in [5.41, 5.74) is 6.68. The van der Waals surface area contributed by atoms with Crippen LogP contribution >= 0.6 is 0 Å². The average Bonchev–Trinajstić information content (AvgIpc) is 3.04. The highest BCUT2D eigenvalue weighted by atomic mass is 16.5. The molecule has 0 saturated carbocycles. The molecule has 4 nitrogen and oxygen atoms in total. The minimum atomic E-state index is 0. The number of ether oxygens (including phenoxy) is 4. The molecule has 0 aliphatic rings. The van der Waals surface area contributed by atoms with Crippen LogP contribution in [0.25, 0.3) is 0 Å². The SMILES string of the molecule is C.CC(C)(C)c1ccc(C(C)(C)C)cc1.CC(C)(C)c1cccc(C(C)(C)C)c1.COc1ccc(OC)cc1.COc1cccc(OC)c1. The Morgan fingerprint density at radius 2 is 0.571 bits per heavy atom. The quantitative estimate of drug-likeness (QED) is 0.216. The van der Waals surface area contributed by atoms with Gasteiger partial charge in [-0.25, -0.2) is 0 Å². The third-order valence-electron chi connectivity index (χ3n) is 7.78. The fourth-order valence-corrected chi connectivity index (χ4v) is 4.36. The van der Waals surface area contributed by atoms with Gasteiger partial charge in [0.15, 0.2) is 0 Å². The van der Waals surface area contributed by atoms with E-state index in [0.717, 1.165) is 23.0 Å². The Morgan fingerprint density at radius 3 is 0.816 bits per heavy atom. The van der Waals surface area contributed by atoms with E-state index in [1.54, 1.807) is 28.4 Å². The molecule has 0 spiro atoms. The molecule has 4 aromatic carbocycles. The zero-order chi connectivity index (χ0) is 36.8. The Balaban J connectivity index is 0.000000630. The summed E-state index contributed by atoms with van der Waals surface area (Å²) in [5.74, 6) is 3.33. The molecule has 0 unspecified atom stereocenters. The first-order valence-electron chi connectivity index (χ1n) is 16.7. The van der Waals surface area contributed by atoms with Crippen LogP contribution in [0.1, 0.15) is 113 Å². The second kappa shape index (κ2) is 19.9. The molecule has 0 aliphatic heterocycles. The Bertz CT molecular complexity index is 1350. The first-order valence-corrected chi connectivity index (χ1v) is 16.7. The number of rotatable bonds is 4. The maximum Gasteiger partial charge on any atom is 0.122 e. The van der Waals surface area contributed by atoms with Crippen molar-refractivity contribution in [1.82, 2.24) is 0 Å². The van der Waals surface area contributed by atoms with Crippen molar-refractivity contribution >= 4 is 0 Å². The van der Waals surface area contributed by atoms with Gasteiger partial charge >= 0.3 is 0 Å². The van der Waals surface area contributed by atoms with Gasteiger partial charge in [0, 0.05) is 6.07 Å². The Labute approximate surface area is 301 Å². The van der Waals surface area contributed by atoms with Crippen molar-refractivity contribution in [2.24, 2.45) is 0 Å². The van der Waals surface area contributed by atoms with E-state index in [-0.39, 0.29) is 29.1 Å². The molecule has 0 aromatic heterocycles. The van der Waals surface area contributed by atoms with Crippen LogP contribution in [0.15, 0.2) is 97.1 Å². The van der Waals surface area contributed by atoms with Crippen LogP contribution in [0.3, 0.4) is 0 Å². The summed E-state index contributed by atoms with van der Waals surface area (Å²) in [6.45, 7) is 27.0. The highest BCUT2D eigenvalue weighted by molar-refractivity contribution is 5.34. The maximum atomic E-state index is 4.98. The van der Waals surface area contributed by atoms with Crippen molar-refractivity contribution < 1.29 is 18.9 Å². The summed E-state index contributed by atoms with van der Waals surface area (Å²) in [4.78, 5) is 0. The lowest BCUT2D eigenvalue weighted by atomic mass is 9.81. The molecule has 272 valence electrons. The van der Waals surface area contributed by atoms with Gasteiger partial charge in [-0.2, -0.15) is 0 Å². The van der Waals surface area contributed by atoms with Gasteiger partial charge in [-0.05, 0) is 80.3 Å². The van der Waals surface area contributed by atoms with Crippen LogP contribution in [0, 0.1) is 0 Å². The average molecular weight is 673 g/mol. The molecule has 4 aromatic rings. The van der Waals surface area contributed by atoms with E-state index in [1.807, 2.05) is 48.5 Å². The molecule has 0 amide bonds. The van der Waals surface area contributed by atoms with Crippen molar-refractivity contribution in [2.75, 3.05) is 28.4 Å². The van der Waals surface area contributed by atoms with E-state index in [1.165, 1.54) is 22.3 Å². The summed E-state index contributed by atoms with van der Waals surface area (Å²) >= 11 is 0. The molecular formula is C45H68O4. The lowest BCUT2D eigenvalue weighted by Gasteiger charge is -2.24. The molecule has 0 atom stereocenters. The predicted molar refractivity (Wildman–Crippen MR) is 214 cm³/mol. The van der Waals surface area contributed by atoms with Crippen LogP contribution in [0.5, 0.6) is 23.0 Å². The summed E-state index contributed by atoms with van der Waals surface area (Å²) in [6, 6.07) is 32.9. The number of hydrogen-bond acceptors (Lipinski definition) is 4. The highest BCUT2D eigenvalue weighted by Crippen LogP contribution is 2.29. The van der Waals surface area contributed by atoms with Gasteiger partial charge < -0.3 is 18.9 Å². The van der Waals surface area contributed by atoms with Gasteiger partial charge in [0.1, 0.15) is 23.0 Å². The maximum absolute atomic E-state index is 4.98. The number of hydrogen-bond donors (Lipinski definition) is 0. The first kappa shape index (κ1) is 45.1. The van der Waals surface area contributed by atoms with Crippen molar-refractivity contribution in [3.8, 4) is 23.0 Å². The summed E-state index contributed by atoms with van der Waals surface area (Å²) in [5, 5.41) is 0. The fraction of sp³-hybridized carbons (Fsp3) is 0.467. The largest absolute Gasteiger partial charge is 0.497 e. The normalized spacial score (nSPS) is 11.1. The molecule has 49 heavy (non-hydrogen) atoms. The Kier molecular flexibility index (Phi) is 18.3. The van der Waals surface area contributed by atoms with E-state index in [0.29, 0.717) is 0 Å². The molecule has 0 heterocycles. The lowest BCUT2D eigenvalue weighted by molar-refractivity contribution is 0.394. The van der Waals surface area contributed by atoms with Crippen molar-refractivity contribution in [1.29, 1.82) is 0 Å². The van der Waals surface area contributed by atoms with Gasteiger partial charge in [0.25, 0.3) is 0 Å². The molecule has 0 bridgehead atoms. The third-order valence-corrected chi connectivity index (χ3v) is 7.78. The van der Waals surface area contributed by atoms with Gasteiger partial charge in [-0.3, -0.25) is 0 Å². The molecule has 4 rings (SSSR count). The van der Waals surface area contributed by atoms with E-state index >= 15 is 0 Å². The van der Waals surface area contributed by atoms with E-state index in [9.17, 15) is 0 Å². The minimum absolute atomic E-state index is 0. The van der Waals surface area contributed by atoms with E-state index < -0.39 is 0 Å². The molecule has 0 N–H and O–H groups in total. The Morgan fingerprint density at radius 1 is 0.306 bits per heavy atom. The van der Waals surface area contributed by atoms with Crippen molar-refractivity contribution in [3.05, 3.63) is 119 Å². The molecule has 4 heteroatoms. The zero-order valence-corrected chi connectivity index (χ0v) is 32.9. The van der Waals surface area contributed by atoms with Crippen LogP contribution < -0.4 is 18.9 Å². The monoisotopic (exact) mass is 673 g/mol. The molecule has 0 fully saturated rings. The summed E-state index contributed by atoms with van der Waals surface area (Å²) in [7, 11) is 6.55. The second-order valence-corrected chi connectivity index (χ2v) is 15.9. The van der Waals surface area contributed by atoms with Crippen LogP contribution in [0.4, 0.5) is 0 Å². The summed E-state index contributed by atoms with van der Waals surface area (Å²) < 4.78 is 19.9. The highest BCUT2D eigenvalue weighted by Gasteiger charge is 2.19. The second-order valence-electron chi connectivity index (χ2n) is 15.9. The van der Waals surface area contributed by atoms with Gasteiger partial charge in [-0.15, -0.1) is 0 Å². The van der Waals surface area contributed by atoms with Crippen molar-refractivity contribution in [2.45, 2.75) is 112 Å². The predicted octanol–water partition coefficient (Wildman–Crippen LogP) is 12.6. The van der Waals surface area contributed by atoms with Crippen LogP contribution in [-0.4, -0.2) is 28.4 Å². The van der Waals surface area contributed by atoms with Gasteiger partial charge in [-0.1, -0.05) is 145 Å². The zero-order valence-electron chi connectivity index (χ0n) is 32.9. The molecule has 0 aliphatic carbocycles. The smallest absolute Gasteiger partial charge is 0.122 e. The van der Waals surface area contributed by atoms with E-state index in [2.05, 4.69) is 132 Å². The Hall–Kier alpha value is -3.92. The molecular weight excluding hydrogens is 604 g/mol. The minimum Gasteiger partial charge on any atom is -0.497 e. The summed E-state index contributed by atoms with van der Waals surface area (Å²) in [6.07, 6.45) is 0. The van der Waals surface area contributed by atoms with Gasteiger partial charge in [0.05, 0.1) is 28.4 Å². The topological polar surface area (TPSA) is 36.9 Å². The molecule has 0 saturated heterocycles. The first-order chi connectivity index (χ1) is 22.1. The molecule has 0 radical (unpaired) electrons. The number of methoxy groups -OCH3 is 4. The third kappa shape index (κ3) is 16.8. The van der Waals surface area contributed by atoms with Crippen molar-refractivity contribution in [3.63, 3.8) is 0 Å². The van der Waals surface area contributed by atoms with E-state index in [4.69, 9.17) is 18.9 Å². The van der Waals surface area contributed by atoms with Crippen LogP contribution in [-0.2, 0) is 21.7 Å². The standard InChI is InChI=1S/2C14H22.2C8H10O2.CH4/c1-13(2,3)11-7-9-12(10-8-11)14(4,5)6;1-13(2,3)11-8-7-9-12(10-11)14(4,5)6;1-9-7-3-5-8(10-2)6-4-7;1-9-7-4-3-5-8(6-7)10-2;/h2*7-10H,1-6H3;2*3-6H,1-2H3;1H4. The van der Waals surface area contributed by atoms with Gasteiger partial charge in [0.2, 0.25) is 0 Å².